The maximum Gasteiger partial charge on any atom is 0.254 e. The van der Waals surface area contributed by atoms with Crippen LogP contribution in [-0.4, -0.2) is 72.3 Å². The Labute approximate surface area is 287 Å². The zero-order chi connectivity index (χ0) is 35.5. The first-order valence-electron chi connectivity index (χ1n) is 16.5. The number of hydrogen-bond acceptors (Lipinski definition) is 9. The highest BCUT2D eigenvalue weighted by atomic mass is 16.5. The second kappa shape index (κ2) is 17.3. The quantitative estimate of drug-likeness (QED) is 0.126. The summed E-state index contributed by atoms with van der Waals surface area (Å²) < 4.78 is 22.8. The fraction of sp³-hybridized carbons (Fsp3) is 0.405. The summed E-state index contributed by atoms with van der Waals surface area (Å²) in [6, 6.07) is 18.4. The number of aromatic nitrogens is 1. The number of carbonyl (C=O) groups excluding carboxylic acids is 3. The summed E-state index contributed by atoms with van der Waals surface area (Å²) in [6.45, 7) is 10.5. The molecule has 4 N–H and O–H groups in total. The second-order valence-corrected chi connectivity index (χ2v) is 12.4. The van der Waals surface area contributed by atoms with Gasteiger partial charge >= 0.3 is 0 Å². The molecule has 262 valence electrons. The average Bonchev–Trinajstić information content (AvgIpc) is 3.47. The Morgan fingerprint density at radius 3 is 2.22 bits per heavy atom. The Morgan fingerprint density at radius 1 is 0.857 bits per heavy atom. The molecule has 0 saturated carbocycles. The van der Waals surface area contributed by atoms with Gasteiger partial charge in [-0.1, -0.05) is 35.5 Å². The molecular weight excluding hydrogens is 626 g/mol. The van der Waals surface area contributed by atoms with Crippen LogP contribution in [0.3, 0.4) is 0 Å². The number of hydrogen-bond donors (Lipinski definition) is 3. The molecule has 0 saturated heterocycles. The Kier molecular flexibility index (Phi) is 13.0. The van der Waals surface area contributed by atoms with Gasteiger partial charge in [0.15, 0.2) is 22.9 Å². The summed E-state index contributed by atoms with van der Waals surface area (Å²) in [6.07, 6.45) is 1.81. The molecule has 3 amide bonds. The number of nitrogens with one attached hydrogen (secondary N) is 2. The molecule has 0 aliphatic heterocycles. The van der Waals surface area contributed by atoms with Crippen molar-refractivity contribution in [2.75, 3.05) is 25.6 Å². The molecule has 12 heteroatoms. The molecule has 0 aliphatic carbocycles. The SMILES string of the molecule is COc1cc(C(=O)N(C(C)C)C(C)C)ccc1OCCCCOc1ccc2c(NC(=O)[C@H](C)NC(=O)[C@@H](N)Cc3ccccc3)noc2c1. The van der Waals surface area contributed by atoms with E-state index >= 15 is 0 Å². The number of methoxy groups -OCH3 is 1. The van der Waals surface area contributed by atoms with Gasteiger partial charge in [-0.05, 0) is 89.8 Å². The molecule has 0 bridgehead atoms. The number of unbranched alkanes of at least 4 members (excludes halogenated alkanes) is 1. The van der Waals surface area contributed by atoms with Crippen molar-refractivity contribution in [3.8, 4) is 17.2 Å². The lowest BCUT2D eigenvalue weighted by Gasteiger charge is -2.31. The number of anilines is 1. The van der Waals surface area contributed by atoms with E-state index in [4.69, 9.17) is 24.5 Å². The van der Waals surface area contributed by atoms with Gasteiger partial charge in [-0.3, -0.25) is 14.4 Å². The summed E-state index contributed by atoms with van der Waals surface area (Å²) in [5.41, 5.74) is 7.97. The standard InChI is InChI=1S/C37H47N5O7/c1-23(2)42(24(3)4)37(45)27-14-17-31(33(21-27)46-6)48-19-11-10-18-47-28-15-16-29-32(22-28)49-41-34(29)40-35(43)25(5)39-36(44)30(38)20-26-12-8-7-9-13-26/h7-9,12-17,21-25,30H,10-11,18-20,38H2,1-6H3,(H,39,44)(H,40,41,43)/t25-,30-/m0/s1. The molecule has 3 aromatic carbocycles. The number of benzene rings is 3. The second-order valence-electron chi connectivity index (χ2n) is 12.4. The third-order valence-corrected chi connectivity index (χ3v) is 7.90. The molecule has 4 rings (SSSR count). The van der Waals surface area contributed by atoms with E-state index in [2.05, 4.69) is 15.8 Å². The fourth-order valence-corrected chi connectivity index (χ4v) is 5.38. The van der Waals surface area contributed by atoms with Crippen LogP contribution < -0.4 is 30.6 Å². The van der Waals surface area contributed by atoms with Crippen LogP contribution in [0, 0.1) is 0 Å². The lowest BCUT2D eigenvalue weighted by atomic mass is 10.1. The van der Waals surface area contributed by atoms with Crippen molar-refractivity contribution in [2.24, 2.45) is 5.73 Å². The van der Waals surface area contributed by atoms with Gasteiger partial charge in [0.1, 0.15) is 11.8 Å². The number of amides is 3. The molecular formula is C37H47N5O7. The maximum absolute atomic E-state index is 13.1. The van der Waals surface area contributed by atoms with Crippen molar-refractivity contribution in [2.45, 2.75) is 78.0 Å². The predicted octanol–water partition coefficient (Wildman–Crippen LogP) is 5.35. The zero-order valence-electron chi connectivity index (χ0n) is 29.0. The number of ether oxygens (including phenoxy) is 3. The third-order valence-electron chi connectivity index (χ3n) is 7.90. The minimum absolute atomic E-state index is 0.0487. The number of rotatable bonds is 17. The highest BCUT2D eigenvalue weighted by Gasteiger charge is 2.24. The van der Waals surface area contributed by atoms with E-state index in [1.54, 1.807) is 50.4 Å². The molecule has 1 heterocycles. The van der Waals surface area contributed by atoms with Crippen LogP contribution in [-0.2, 0) is 16.0 Å². The Balaban J connectivity index is 1.21. The minimum Gasteiger partial charge on any atom is -0.493 e. The number of fused-ring (bicyclic) bond motifs is 1. The smallest absolute Gasteiger partial charge is 0.254 e. The Bertz CT molecular complexity index is 1700. The van der Waals surface area contributed by atoms with E-state index in [1.165, 1.54) is 0 Å². The molecule has 2 atom stereocenters. The first-order chi connectivity index (χ1) is 23.5. The van der Waals surface area contributed by atoms with Crippen LogP contribution >= 0.6 is 0 Å². The monoisotopic (exact) mass is 673 g/mol. The van der Waals surface area contributed by atoms with Gasteiger partial charge in [-0.25, -0.2) is 0 Å². The van der Waals surface area contributed by atoms with Gasteiger partial charge in [0, 0.05) is 23.7 Å². The van der Waals surface area contributed by atoms with Crippen LogP contribution in [0.1, 0.15) is 63.4 Å². The van der Waals surface area contributed by atoms with Crippen LogP contribution in [0.25, 0.3) is 11.0 Å². The van der Waals surface area contributed by atoms with Crippen molar-refractivity contribution < 1.29 is 33.1 Å². The molecule has 1 aromatic heterocycles. The minimum atomic E-state index is -0.845. The normalized spacial score (nSPS) is 12.4. The number of nitrogens with two attached hydrogens (primary N) is 1. The van der Waals surface area contributed by atoms with Crippen molar-refractivity contribution >= 4 is 34.5 Å². The van der Waals surface area contributed by atoms with Crippen LogP contribution in [0.5, 0.6) is 17.2 Å². The predicted molar refractivity (Wildman–Crippen MR) is 188 cm³/mol. The van der Waals surface area contributed by atoms with Gasteiger partial charge in [-0.15, -0.1) is 0 Å². The van der Waals surface area contributed by atoms with Gasteiger partial charge in [-0.2, -0.15) is 0 Å². The van der Waals surface area contributed by atoms with Crippen molar-refractivity contribution in [3.05, 3.63) is 77.9 Å². The van der Waals surface area contributed by atoms with E-state index in [1.807, 2.05) is 62.9 Å². The lowest BCUT2D eigenvalue weighted by Crippen LogP contribution is -2.49. The van der Waals surface area contributed by atoms with Crippen molar-refractivity contribution in [1.82, 2.24) is 15.4 Å². The van der Waals surface area contributed by atoms with Crippen LogP contribution in [0.15, 0.2) is 71.3 Å². The number of nitrogens with zero attached hydrogens (tertiary/aromatic N) is 2. The lowest BCUT2D eigenvalue weighted by molar-refractivity contribution is -0.127. The van der Waals surface area contributed by atoms with Gasteiger partial charge in [0.25, 0.3) is 5.91 Å². The van der Waals surface area contributed by atoms with Crippen LogP contribution in [0.4, 0.5) is 5.82 Å². The molecule has 4 aromatic rings. The summed E-state index contributed by atoms with van der Waals surface area (Å²) in [5.74, 6) is 0.983. The summed E-state index contributed by atoms with van der Waals surface area (Å²) in [5, 5.41) is 9.94. The Hall–Kier alpha value is -5.10. The number of carbonyl (C=O) groups is 3. The third kappa shape index (κ3) is 9.96. The average molecular weight is 674 g/mol. The molecule has 49 heavy (non-hydrogen) atoms. The summed E-state index contributed by atoms with van der Waals surface area (Å²) >= 11 is 0. The van der Waals surface area contributed by atoms with Gasteiger partial charge in [0.2, 0.25) is 11.8 Å². The molecule has 0 aliphatic rings. The highest BCUT2D eigenvalue weighted by molar-refractivity contribution is 6.02. The molecule has 0 radical (unpaired) electrons. The molecule has 0 fully saturated rings. The van der Waals surface area contributed by atoms with E-state index in [-0.39, 0.29) is 23.8 Å². The van der Waals surface area contributed by atoms with E-state index < -0.39 is 23.9 Å². The largest absolute Gasteiger partial charge is 0.493 e. The fourth-order valence-electron chi connectivity index (χ4n) is 5.38. The Morgan fingerprint density at radius 2 is 1.55 bits per heavy atom. The maximum atomic E-state index is 13.1. The molecule has 0 unspecified atom stereocenters. The topological polar surface area (TPSA) is 158 Å². The van der Waals surface area contributed by atoms with Crippen molar-refractivity contribution in [3.63, 3.8) is 0 Å². The van der Waals surface area contributed by atoms with Gasteiger partial charge in [0.05, 0.1) is 31.8 Å². The van der Waals surface area contributed by atoms with Crippen LogP contribution in [0.2, 0.25) is 0 Å². The van der Waals surface area contributed by atoms with Gasteiger partial charge < -0.3 is 40.0 Å². The van der Waals surface area contributed by atoms with Crippen molar-refractivity contribution in [1.29, 1.82) is 0 Å². The molecule has 0 spiro atoms. The highest BCUT2D eigenvalue weighted by Crippen LogP contribution is 2.30. The zero-order valence-corrected chi connectivity index (χ0v) is 29.0. The summed E-state index contributed by atoms with van der Waals surface area (Å²) in [7, 11) is 1.56. The first-order valence-corrected chi connectivity index (χ1v) is 16.5. The first kappa shape index (κ1) is 36.7. The van der Waals surface area contributed by atoms with E-state index in [0.29, 0.717) is 53.4 Å². The summed E-state index contributed by atoms with van der Waals surface area (Å²) in [4.78, 5) is 40.2. The van der Waals surface area contributed by atoms with E-state index in [0.717, 1.165) is 18.4 Å². The molecule has 12 nitrogen and oxygen atoms in total. The van der Waals surface area contributed by atoms with E-state index in [9.17, 15) is 14.4 Å².